The van der Waals surface area contributed by atoms with Crippen LogP contribution in [0.2, 0.25) is 0 Å². The monoisotopic (exact) mass is 743 g/mol. The van der Waals surface area contributed by atoms with Gasteiger partial charge in [-0.05, 0) is 106 Å². The fourth-order valence-corrected chi connectivity index (χ4v) is 8.80. The van der Waals surface area contributed by atoms with Crippen molar-refractivity contribution in [2.75, 3.05) is 4.90 Å². The summed E-state index contributed by atoms with van der Waals surface area (Å²) >= 11 is 0. The molecule has 4 nitrogen and oxygen atoms in total. The number of fused-ring (bicyclic) bond motifs is 10. The van der Waals surface area contributed by atoms with Crippen LogP contribution in [0, 0.1) is 0 Å². The lowest BCUT2D eigenvalue weighted by Gasteiger charge is -2.26. The highest BCUT2D eigenvalue weighted by Gasteiger charge is 2.22. The van der Waals surface area contributed by atoms with Gasteiger partial charge < -0.3 is 18.2 Å². The van der Waals surface area contributed by atoms with Gasteiger partial charge in [0, 0.05) is 32.9 Å². The van der Waals surface area contributed by atoms with E-state index >= 15 is 0 Å². The Morgan fingerprint density at radius 3 is 1.59 bits per heavy atom. The van der Waals surface area contributed by atoms with E-state index in [1.807, 2.05) is 30.3 Å². The van der Waals surface area contributed by atoms with Crippen LogP contribution in [0.25, 0.3) is 99.2 Å². The zero-order valence-corrected chi connectivity index (χ0v) is 31.2. The van der Waals surface area contributed by atoms with Crippen molar-refractivity contribution < 1.29 is 13.3 Å². The van der Waals surface area contributed by atoms with E-state index in [0.717, 1.165) is 99.6 Å². The molecular formula is C54H33NO3. The van der Waals surface area contributed by atoms with Gasteiger partial charge in [-0.2, -0.15) is 0 Å². The molecule has 0 amide bonds. The van der Waals surface area contributed by atoms with Gasteiger partial charge in [0.1, 0.15) is 33.5 Å². The van der Waals surface area contributed by atoms with Crippen LogP contribution in [-0.4, -0.2) is 0 Å². The van der Waals surface area contributed by atoms with E-state index in [-0.39, 0.29) is 0 Å². The first-order chi connectivity index (χ1) is 28.7. The lowest BCUT2D eigenvalue weighted by molar-refractivity contribution is 0.663. The van der Waals surface area contributed by atoms with Gasteiger partial charge in [0.05, 0.1) is 16.5 Å². The summed E-state index contributed by atoms with van der Waals surface area (Å²) in [4.78, 5) is 2.34. The average molecular weight is 744 g/mol. The maximum absolute atomic E-state index is 6.52. The molecule has 12 rings (SSSR count). The Kier molecular flexibility index (Phi) is 7.20. The van der Waals surface area contributed by atoms with Crippen LogP contribution in [0.1, 0.15) is 0 Å². The van der Waals surface area contributed by atoms with E-state index in [2.05, 4.69) is 175 Å². The normalized spacial score (nSPS) is 11.8. The van der Waals surface area contributed by atoms with Crippen molar-refractivity contribution in [1.29, 1.82) is 0 Å². The first-order valence-electron chi connectivity index (χ1n) is 19.6. The van der Waals surface area contributed by atoms with Crippen LogP contribution >= 0.6 is 0 Å². The standard InChI is InChI=1S/C54H33NO3/c1-2-11-34(12-3-1)37-13-8-14-38(33-37)35-23-27-39(28-24-35)55(45-18-10-22-48-51(45)44-16-5-7-20-47(44)56-48)40-29-25-36(26-30-40)41-17-9-21-49-52(41)53-50(57-49)32-31-43-42-15-4-6-19-46(42)58-54(43)53/h1-33H. The molecule has 12 aromatic rings. The zero-order valence-electron chi connectivity index (χ0n) is 31.2. The summed E-state index contributed by atoms with van der Waals surface area (Å²) in [6.07, 6.45) is 0. The van der Waals surface area contributed by atoms with E-state index < -0.39 is 0 Å². The topological polar surface area (TPSA) is 42.7 Å². The second kappa shape index (κ2) is 12.9. The van der Waals surface area contributed by atoms with E-state index in [9.17, 15) is 0 Å². The molecule has 0 bridgehead atoms. The Bertz CT molecular complexity index is 3500. The molecule has 3 heterocycles. The predicted molar refractivity (Wildman–Crippen MR) is 239 cm³/mol. The molecule has 4 heteroatoms. The number of para-hydroxylation sites is 2. The van der Waals surface area contributed by atoms with Gasteiger partial charge in [0.25, 0.3) is 0 Å². The Hall–Kier alpha value is -7.82. The Labute approximate surface area is 333 Å². The van der Waals surface area contributed by atoms with Crippen molar-refractivity contribution in [3.63, 3.8) is 0 Å². The average Bonchev–Trinajstić information content (AvgIpc) is 3.99. The van der Waals surface area contributed by atoms with Crippen LogP contribution in [-0.2, 0) is 0 Å². The molecule has 0 aliphatic carbocycles. The van der Waals surface area contributed by atoms with Crippen LogP contribution in [0.5, 0.6) is 0 Å². The van der Waals surface area contributed by atoms with Crippen LogP contribution in [0.4, 0.5) is 17.1 Å². The second-order valence-electron chi connectivity index (χ2n) is 14.8. The summed E-state index contributed by atoms with van der Waals surface area (Å²) < 4.78 is 19.4. The number of nitrogens with zero attached hydrogens (tertiary/aromatic N) is 1. The molecule has 9 aromatic carbocycles. The fraction of sp³-hybridized carbons (Fsp3) is 0. The third kappa shape index (κ3) is 5.09. The van der Waals surface area contributed by atoms with Crippen molar-refractivity contribution in [1.82, 2.24) is 0 Å². The van der Waals surface area contributed by atoms with Gasteiger partial charge in [0.15, 0.2) is 0 Å². The van der Waals surface area contributed by atoms with E-state index in [1.54, 1.807) is 0 Å². The van der Waals surface area contributed by atoms with Crippen molar-refractivity contribution >= 4 is 82.9 Å². The molecular weight excluding hydrogens is 711 g/mol. The first-order valence-corrected chi connectivity index (χ1v) is 19.6. The highest BCUT2D eigenvalue weighted by Crippen LogP contribution is 2.46. The number of hydrogen-bond donors (Lipinski definition) is 0. The summed E-state index contributed by atoms with van der Waals surface area (Å²) in [5.74, 6) is 0. The van der Waals surface area contributed by atoms with Crippen molar-refractivity contribution in [3.8, 4) is 33.4 Å². The summed E-state index contributed by atoms with van der Waals surface area (Å²) in [6.45, 7) is 0. The second-order valence-corrected chi connectivity index (χ2v) is 14.8. The number of furan rings is 3. The highest BCUT2D eigenvalue weighted by molar-refractivity contribution is 6.25. The minimum Gasteiger partial charge on any atom is -0.456 e. The molecule has 0 unspecified atom stereocenters. The first kappa shape index (κ1) is 32.4. The molecule has 58 heavy (non-hydrogen) atoms. The summed E-state index contributed by atoms with van der Waals surface area (Å²) in [5.41, 5.74) is 15.1. The van der Waals surface area contributed by atoms with Crippen molar-refractivity contribution in [2.24, 2.45) is 0 Å². The predicted octanol–water partition coefficient (Wildman–Crippen LogP) is 15.9. The van der Waals surface area contributed by atoms with E-state index in [4.69, 9.17) is 13.3 Å². The van der Waals surface area contributed by atoms with Crippen LogP contribution in [0.15, 0.2) is 213 Å². The Morgan fingerprint density at radius 2 is 0.828 bits per heavy atom. The third-order valence-electron chi connectivity index (χ3n) is 11.5. The molecule has 0 spiro atoms. The molecule has 0 aliphatic rings. The van der Waals surface area contributed by atoms with E-state index in [0.29, 0.717) is 0 Å². The lowest BCUT2D eigenvalue weighted by atomic mass is 9.97. The van der Waals surface area contributed by atoms with Crippen LogP contribution < -0.4 is 4.90 Å². The molecule has 0 N–H and O–H groups in total. The fourth-order valence-electron chi connectivity index (χ4n) is 8.80. The molecule has 3 aromatic heterocycles. The molecule has 272 valence electrons. The molecule has 0 radical (unpaired) electrons. The third-order valence-corrected chi connectivity index (χ3v) is 11.5. The molecule has 0 atom stereocenters. The largest absolute Gasteiger partial charge is 0.456 e. The van der Waals surface area contributed by atoms with Crippen molar-refractivity contribution in [3.05, 3.63) is 200 Å². The van der Waals surface area contributed by atoms with Gasteiger partial charge in [0.2, 0.25) is 0 Å². The van der Waals surface area contributed by atoms with Gasteiger partial charge >= 0.3 is 0 Å². The van der Waals surface area contributed by atoms with Gasteiger partial charge in [-0.15, -0.1) is 0 Å². The number of benzene rings is 9. The smallest absolute Gasteiger partial charge is 0.147 e. The van der Waals surface area contributed by atoms with Gasteiger partial charge in [-0.25, -0.2) is 0 Å². The van der Waals surface area contributed by atoms with Gasteiger partial charge in [-0.3, -0.25) is 0 Å². The Balaban J connectivity index is 1.00. The molecule has 0 aliphatic heterocycles. The zero-order chi connectivity index (χ0) is 38.2. The summed E-state index contributed by atoms with van der Waals surface area (Å²) in [6, 6.07) is 70.3. The number of anilines is 3. The molecule has 0 fully saturated rings. The SMILES string of the molecule is c1ccc(-c2cccc(-c3ccc(N(c4ccc(-c5cccc6oc7ccc8c9ccccc9oc8c7c56)cc4)c4cccc5oc6ccccc6c45)cc3)c2)cc1. The minimum absolute atomic E-state index is 0.812. The van der Waals surface area contributed by atoms with E-state index in [1.165, 1.54) is 16.7 Å². The van der Waals surface area contributed by atoms with Crippen molar-refractivity contribution in [2.45, 2.75) is 0 Å². The maximum Gasteiger partial charge on any atom is 0.147 e. The lowest BCUT2D eigenvalue weighted by Crippen LogP contribution is -2.10. The summed E-state index contributed by atoms with van der Waals surface area (Å²) in [7, 11) is 0. The van der Waals surface area contributed by atoms with Gasteiger partial charge in [-0.1, -0.05) is 127 Å². The highest BCUT2D eigenvalue weighted by atomic mass is 16.3. The quantitative estimate of drug-likeness (QED) is 0.170. The molecule has 0 saturated carbocycles. The Morgan fingerprint density at radius 1 is 0.293 bits per heavy atom. The molecule has 0 saturated heterocycles. The number of rotatable bonds is 6. The van der Waals surface area contributed by atoms with Crippen LogP contribution in [0.3, 0.4) is 0 Å². The maximum atomic E-state index is 6.52. The number of hydrogen-bond acceptors (Lipinski definition) is 4. The summed E-state index contributed by atoms with van der Waals surface area (Å²) in [5, 5.41) is 6.39. The minimum atomic E-state index is 0.812.